The molecule has 0 aromatic heterocycles. The SMILES string of the molecule is COC(=O)c1ccc([C@@H](O)[C@H](O)C(C)=O)cc1. The number of benzene rings is 1. The summed E-state index contributed by atoms with van der Waals surface area (Å²) in [5.74, 6) is -1.01. The number of esters is 1. The van der Waals surface area contributed by atoms with Crippen LogP contribution in [-0.2, 0) is 9.53 Å². The average molecular weight is 238 g/mol. The lowest BCUT2D eigenvalue weighted by Crippen LogP contribution is -2.25. The summed E-state index contributed by atoms with van der Waals surface area (Å²) in [4.78, 5) is 22.0. The molecule has 5 nitrogen and oxygen atoms in total. The van der Waals surface area contributed by atoms with Crippen LogP contribution >= 0.6 is 0 Å². The van der Waals surface area contributed by atoms with E-state index in [2.05, 4.69) is 4.74 Å². The summed E-state index contributed by atoms with van der Waals surface area (Å²) in [5.41, 5.74) is 0.695. The second kappa shape index (κ2) is 5.56. The van der Waals surface area contributed by atoms with Crippen molar-refractivity contribution in [1.82, 2.24) is 0 Å². The summed E-state index contributed by atoms with van der Waals surface area (Å²) in [6.45, 7) is 1.19. The molecule has 2 atom stereocenters. The molecule has 0 amide bonds. The maximum absolute atomic E-state index is 11.1. The van der Waals surface area contributed by atoms with Gasteiger partial charge in [0.2, 0.25) is 0 Å². The van der Waals surface area contributed by atoms with Gasteiger partial charge in [-0.15, -0.1) is 0 Å². The Morgan fingerprint density at radius 3 is 2.12 bits per heavy atom. The molecule has 0 radical (unpaired) electrons. The number of aliphatic hydroxyl groups is 2. The number of carbonyl (C=O) groups is 2. The van der Waals surface area contributed by atoms with E-state index in [-0.39, 0.29) is 0 Å². The van der Waals surface area contributed by atoms with Crippen LogP contribution in [0.4, 0.5) is 0 Å². The third-order valence-electron chi connectivity index (χ3n) is 2.39. The molecule has 0 saturated carbocycles. The normalized spacial score (nSPS) is 13.9. The maximum Gasteiger partial charge on any atom is 0.337 e. The molecule has 0 aliphatic heterocycles. The first-order valence-electron chi connectivity index (χ1n) is 5.02. The Labute approximate surface area is 98.6 Å². The van der Waals surface area contributed by atoms with Gasteiger partial charge in [-0.05, 0) is 24.6 Å². The first-order valence-corrected chi connectivity index (χ1v) is 5.02. The minimum absolute atomic E-state index is 0.334. The molecule has 17 heavy (non-hydrogen) atoms. The van der Waals surface area contributed by atoms with Gasteiger partial charge in [-0.3, -0.25) is 4.79 Å². The molecule has 0 unspecified atom stereocenters. The van der Waals surface area contributed by atoms with Gasteiger partial charge in [-0.2, -0.15) is 0 Å². The lowest BCUT2D eigenvalue weighted by molar-refractivity contribution is -0.130. The van der Waals surface area contributed by atoms with Crippen molar-refractivity contribution in [2.75, 3.05) is 7.11 Å². The highest BCUT2D eigenvalue weighted by Gasteiger charge is 2.22. The number of hydrogen-bond acceptors (Lipinski definition) is 5. The summed E-state index contributed by atoms with van der Waals surface area (Å²) in [5, 5.41) is 19.0. The Morgan fingerprint density at radius 1 is 1.18 bits per heavy atom. The van der Waals surface area contributed by atoms with E-state index in [1.54, 1.807) is 0 Å². The second-order valence-corrected chi connectivity index (χ2v) is 3.61. The van der Waals surface area contributed by atoms with Gasteiger partial charge in [-0.25, -0.2) is 4.79 Å². The van der Waals surface area contributed by atoms with Gasteiger partial charge >= 0.3 is 5.97 Å². The fraction of sp³-hybridized carbons (Fsp3) is 0.333. The van der Waals surface area contributed by atoms with Gasteiger partial charge in [0, 0.05) is 0 Å². The van der Waals surface area contributed by atoms with E-state index < -0.39 is 24.0 Å². The summed E-state index contributed by atoms with van der Waals surface area (Å²) >= 11 is 0. The third kappa shape index (κ3) is 3.12. The summed E-state index contributed by atoms with van der Waals surface area (Å²) in [6, 6.07) is 5.83. The number of hydrogen-bond donors (Lipinski definition) is 2. The van der Waals surface area contributed by atoms with Crippen molar-refractivity contribution in [2.45, 2.75) is 19.1 Å². The standard InChI is InChI=1S/C12H14O5/c1-7(13)10(14)11(15)8-3-5-9(6-4-8)12(16)17-2/h3-6,10-11,14-15H,1-2H3/t10-,11-/m1/s1. The molecule has 0 bridgehead atoms. The number of rotatable bonds is 4. The first-order chi connectivity index (χ1) is 7.97. The second-order valence-electron chi connectivity index (χ2n) is 3.61. The van der Waals surface area contributed by atoms with Crippen LogP contribution in [0.3, 0.4) is 0 Å². The summed E-state index contributed by atoms with van der Waals surface area (Å²) < 4.78 is 4.52. The largest absolute Gasteiger partial charge is 0.465 e. The lowest BCUT2D eigenvalue weighted by Gasteiger charge is -2.15. The molecule has 5 heteroatoms. The quantitative estimate of drug-likeness (QED) is 0.744. The molecule has 0 saturated heterocycles. The smallest absolute Gasteiger partial charge is 0.337 e. The Balaban J connectivity index is 2.87. The fourth-order valence-corrected chi connectivity index (χ4v) is 1.34. The molecule has 1 rings (SSSR count). The zero-order valence-corrected chi connectivity index (χ0v) is 9.58. The number of ether oxygens (including phenoxy) is 1. The Kier molecular flexibility index (Phi) is 4.37. The van der Waals surface area contributed by atoms with Crippen LogP contribution in [0.15, 0.2) is 24.3 Å². The molecule has 1 aromatic rings. The number of aliphatic hydroxyl groups excluding tert-OH is 2. The Hall–Kier alpha value is -1.72. The number of ketones is 1. The molecule has 0 aliphatic rings. The highest BCUT2D eigenvalue weighted by atomic mass is 16.5. The van der Waals surface area contributed by atoms with Crippen molar-refractivity contribution in [3.05, 3.63) is 35.4 Å². The zero-order valence-electron chi connectivity index (χ0n) is 9.58. The lowest BCUT2D eigenvalue weighted by atomic mass is 10.0. The summed E-state index contributed by atoms with van der Waals surface area (Å²) in [6.07, 6.45) is -2.75. The van der Waals surface area contributed by atoms with Crippen molar-refractivity contribution >= 4 is 11.8 Å². The van der Waals surface area contributed by atoms with Gasteiger partial charge < -0.3 is 14.9 Å². The number of carbonyl (C=O) groups excluding carboxylic acids is 2. The van der Waals surface area contributed by atoms with Crippen molar-refractivity contribution in [1.29, 1.82) is 0 Å². The minimum atomic E-state index is -1.46. The maximum atomic E-state index is 11.1. The molecular weight excluding hydrogens is 224 g/mol. The van der Waals surface area contributed by atoms with E-state index in [0.29, 0.717) is 11.1 Å². The predicted molar refractivity (Wildman–Crippen MR) is 59.4 cm³/mol. The fourth-order valence-electron chi connectivity index (χ4n) is 1.34. The highest BCUT2D eigenvalue weighted by Crippen LogP contribution is 2.18. The number of Topliss-reactive ketones (excluding diaryl/α,β-unsaturated/α-hetero) is 1. The van der Waals surface area contributed by atoms with Gasteiger partial charge in [0.15, 0.2) is 5.78 Å². The number of methoxy groups -OCH3 is 1. The Bertz CT molecular complexity index is 409. The topological polar surface area (TPSA) is 83.8 Å². The monoisotopic (exact) mass is 238 g/mol. The van der Waals surface area contributed by atoms with Crippen LogP contribution in [0.25, 0.3) is 0 Å². The predicted octanol–water partition coefficient (Wildman–Crippen LogP) is 0.457. The molecule has 0 heterocycles. The Morgan fingerprint density at radius 2 is 1.71 bits per heavy atom. The third-order valence-corrected chi connectivity index (χ3v) is 2.39. The van der Waals surface area contributed by atoms with Crippen LogP contribution in [0.2, 0.25) is 0 Å². The minimum Gasteiger partial charge on any atom is -0.465 e. The summed E-state index contributed by atoms with van der Waals surface area (Å²) in [7, 11) is 1.27. The van der Waals surface area contributed by atoms with Crippen molar-refractivity contribution in [3.8, 4) is 0 Å². The van der Waals surface area contributed by atoms with Crippen molar-refractivity contribution in [3.63, 3.8) is 0 Å². The molecule has 0 fully saturated rings. The van der Waals surface area contributed by atoms with E-state index in [1.165, 1.54) is 38.3 Å². The van der Waals surface area contributed by atoms with E-state index in [0.717, 1.165) is 0 Å². The van der Waals surface area contributed by atoms with Gasteiger partial charge in [0.1, 0.15) is 12.2 Å². The average Bonchev–Trinajstić information content (AvgIpc) is 2.36. The van der Waals surface area contributed by atoms with Crippen LogP contribution in [0.1, 0.15) is 28.9 Å². The molecule has 0 spiro atoms. The van der Waals surface area contributed by atoms with Gasteiger partial charge in [0.25, 0.3) is 0 Å². The molecule has 92 valence electrons. The van der Waals surface area contributed by atoms with E-state index >= 15 is 0 Å². The van der Waals surface area contributed by atoms with Crippen LogP contribution in [0.5, 0.6) is 0 Å². The molecular formula is C12H14O5. The van der Waals surface area contributed by atoms with Crippen molar-refractivity contribution < 1.29 is 24.5 Å². The molecule has 0 aliphatic carbocycles. The van der Waals surface area contributed by atoms with E-state index in [1.807, 2.05) is 0 Å². The van der Waals surface area contributed by atoms with Gasteiger partial charge in [-0.1, -0.05) is 12.1 Å². The van der Waals surface area contributed by atoms with Gasteiger partial charge in [0.05, 0.1) is 12.7 Å². The van der Waals surface area contributed by atoms with E-state index in [4.69, 9.17) is 0 Å². The van der Waals surface area contributed by atoms with Crippen LogP contribution in [-0.4, -0.2) is 35.2 Å². The molecule has 1 aromatic carbocycles. The van der Waals surface area contributed by atoms with Crippen LogP contribution in [0, 0.1) is 0 Å². The van der Waals surface area contributed by atoms with E-state index in [9.17, 15) is 19.8 Å². The molecule has 2 N–H and O–H groups in total. The van der Waals surface area contributed by atoms with Crippen molar-refractivity contribution in [2.24, 2.45) is 0 Å². The highest BCUT2D eigenvalue weighted by molar-refractivity contribution is 5.89. The zero-order chi connectivity index (χ0) is 13.0. The van der Waals surface area contributed by atoms with Crippen LogP contribution < -0.4 is 0 Å². The first kappa shape index (κ1) is 13.3.